The Labute approximate surface area is 141 Å². The van der Waals surface area contributed by atoms with Crippen molar-refractivity contribution in [2.75, 3.05) is 7.11 Å². The number of ether oxygens (including phenoxy) is 1. The van der Waals surface area contributed by atoms with Crippen LogP contribution in [0.25, 0.3) is 0 Å². The molecule has 0 saturated heterocycles. The van der Waals surface area contributed by atoms with Gasteiger partial charge in [-0.05, 0) is 44.2 Å². The molecule has 0 amide bonds. The fourth-order valence-electron chi connectivity index (χ4n) is 5.03. The van der Waals surface area contributed by atoms with Gasteiger partial charge in [0.05, 0.1) is 18.1 Å². The molecule has 0 heterocycles. The average molecular weight is 332 g/mol. The summed E-state index contributed by atoms with van der Waals surface area (Å²) in [5.41, 5.74) is -0.142. The van der Waals surface area contributed by atoms with Crippen molar-refractivity contribution < 1.29 is 24.5 Å². The van der Waals surface area contributed by atoms with Gasteiger partial charge in [-0.15, -0.1) is 0 Å². The maximum atomic E-state index is 12.8. The second-order valence-corrected chi connectivity index (χ2v) is 7.67. The Hall–Kier alpha value is -2.04. The van der Waals surface area contributed by atoms with E-state index >= 15 is 0 Å². The molecule has 1 saturated carbocycles. The molecule has 3 atom stereocenters. The first kappa shape index (κ1) is 16.8. The number of methoxy groups -OCH3 is 1. The van der Waals surface area contributed by atoms with Crippen molar-refractivity contribution in [2.24, 2.45) is 11.3 Å². The number of aryl methyl sites for hydroxylation is 1. The lowest BCUT2D eigenvalue weighted by molar-refractivity contribution is -0.160. The van der Waals surface area contributed by atoms with E-state index in [-0.39, 0.29) is 41.2 Å². The Balaban J connectivity index is 2.27. The highest BCUT2D eigenvalue weighted by Gasteiger charge is 2.58. The minimum absolute atomic E-state index is 0.0231. The van der Waals surface area contributed by atoms with E-state index in [1.807, 2.05) is 13.8 Å². The van der Waals surface area contributed by atoms with Crippen molar-refractivity contribution in [3.8, 4) is 11.5 Å². The summed E-state index contributed by atoms with van der Waals surface area (Å²) in [4.78, 5) is 25.2. The highest BCUT2D eigenvalue weighted by Crippen LogP contribution is 2.60. The number of phenolic OH excluding ortho intramolecular Hbond substituents is 2. The molecule has 1 fully saturated rings. The number of ketones is 1. The zero-order valence-corrected chi connectivity index (χ0v) is 14.6. The van der Waals surface area contributed by atoms with Crippen molar-refractivity contribution in [1.82, 2.24) is 0 Å². The Kier molecular flexibility index (Phi) is 3.66. The number of hydrogen-bond acceptors (Lipinski definition) is 5. The standard InChI is InChI=1S/C19H24O5/c1-10-8-12(21)15-14(16(10)22)11(20)9-13-18(15,2)6-5-7-19(13,3)17(23)24-4/h8,13,21-22H,5-7,9H2,1-4H3/t13-,18+,19+/m0/s1. The van der Waals surface area contributed by atoms with Crippen LogP contribution < -0.4 is 0 Å². The van der Waals surface area contributed by atoms with E-state index < -0.39 is 10.8 Å². The first-order valence-electron chi connectivity index (χ1n) is 8.34. The fraction of sp³-hybridized carbons (Fsp3) is 0.579. The number of carbonyl (C=O) groups excluding carboxylic acids is 2. The lowest BCUT2D eigenvalue weighted by Crippen LogP contribution is -2.53. The molecule has 0 bridgehead atoms. The number of fused-ring (bicyclic) bond motifs is 3. The van der Waals surface area contributed by atoms with E-state index in [0.29, 0.717) is 17.5 Å². The molecule has 2 N–H and O–H groups in total. The summed E-state index contributed by atoms with van der Waals surface area (Å²) in [6.07, 6.45) is 2.37. The minimum atomic E-state index is -0.776. The number of carbonyl (C=O) groups is 2. The van der Waals surface area contributed by atoms with Crippen LogP contribution in [0.15, 0.2) is 6.07 Å². The molecular formula is C19H24O5. The van der Waals surface area contributed by atoms with E-state index in [1.165, 1.54) is 13.2 Å². The van der Waals surface area contributed by atoms with Crippen LogP contribution in [-0.2, 0) is 14.9 Å². The van der Waals surface area contributed by atoms with Crippen LogP contribution in [0.5, 0.6) is 11.5 Å². The van der Waals surface area contributed by atoms with Crippen molar-refractivity contribution in [1.29, 1.82) is 0 Å². The van der Waals surface area contributed by atoms with Gasteiger partial charge in [-0.2, -0.15) is 0 Å². The van der Waals surface area contributed by atoms with Gasteiger partial charge in [0.2, 0.25) is 0 Å². The predicted molar refractivity (Wildman–Crippen MR) is 88.3 cm³/mol. The second kappa shape index (κ2) is 5.23. The Morgan fingerprint density at radius 2 is 1.96 bits per heavy atom. The minimum Gasteiger partial charge on any atom is -0.508 e. The van der Waals surface area contributed by atoms with Gasteiger partial charge in [-0.1, -0.05) is 13.3 Å². The Morgan fingerprint density at radius 3 is 2.58 bits per heavy atom. The van der Waals surface area contributed by atoms with Crippen LogP contribution in [0.2, 0.25) is 0 Å². The summed E-state index contributed by atoms with van der Waals surface area (Å²) in [5.74, 6) is -0.835. The molecule has 24 heavy (non-hydrogen) atoms. The number of phenols is 2. The van der Waals surface area contributed by atoms with Gasteiger partial charge in [-0.25, -0.2) is 0 Å². The van der Waals surface area contributed by atoms with Crippen LogP contribution >= 0.6 is 0 Å². The first-order chi connectivity index (χ1) is 11.2. The van der Waals surface area contributed by atoms with Gasteiger partial charge in [-0.3, -0.25) is 9.59 Å². The van der Waals surface area contributed by atoms with E-state index in [0.717, 1.165) is 12.8 Å². The van der Waals surface area contributed by atoms with E-state index in [2.05, 4.69) is 0 Å². The van der Waals surface area contributed by atoms with Gasteiger partial charge >= 0.3 is 5.97 Å². The summed E-state index contributed by atoms with van der Waals surface area (Å²) in [7, 11) is 1.37. The summed E-state index contributed by atoms with van der Waals surface area (Å²) in [6, 6.07) is 1.50. The molecule has 0 radical (unpaired) electrons. The van der Waals surface area contributed by atoms with Crippen LogP contribution in [-0.4, -0.2) is 29.1 Å². The highest BCUT2D eigenvalue weighted by molar-refractivity contribution is 6.03. The number of aromatic hydroxyl groups is 2. The molecule has 130 valence electrons. The number of Topliss-reactive ketones (excluding diaryl/α,β-unsaturated/α-hetero) is 1. The molecule has 1 aromatic rings. The number of hydrogen-bond donors (Lipinski definition) is 2. The molecule has 0 aromatic heterocycles. The molecule has 1 aromatic carbocycles. The SMILES string of the molecule is COC(=O)[C@]1(C)CCC[C@@]2(C)c3c(O)cc(C)c(O)c3C(=O)C[C@H]12. The molecule has 5 nitrogen and oxygen atoms in total. The summed E-state index contributed by atoms with van der Waals surface area (Å²) in [5, 5.41) is 21.0. The molecule has 0 aliphatic heterocycles. The quantitative estimate of drug-likeness (QED) is 0.609. The zero-order valence-electron chi connectivity index (χ0n) is 14.6. The normalized spacial score (nSPS) is 32.0. The Bertz CT molecular complexity index is 738. The summed E-state index contributed by atoms with van der Waals surface area (Å²) in [6.45, 7) is 5.50. The first-order valence-corrected chi connectivity index (χ1v) is 8.34. The van der Waals surface area contributed by atoms with Crippen LogP contribution in [0.4, 0.5) is 0 Å². The summed E-state index contributed by atoms with van der Waals surface area (Å²) < 4.78 is 5.02. The second-order valence-electron chi connectivity index (χ2n) is 7.67. The lowest BCUT2D eigenvalue weighted by Gasteiger charge is -2.53. The third kappa shape index (κ3) is 2.00. The van der Waals surface area contributed by atoms with Gasteiger partial charge in [0.25, 0.3) is 0 Å². The van der Waals surface area contributed by atoms with Gasteiger partial charge < -0.3 is 14.9 Å². The highest BCUT2D eigenvalue weighted by atomic mass is 16.5. The van der Waals surface area contributed by atoms with E-state index in [1.54, 1.807) is 6.92 Å². The maximum Gasteiger partial charge on any atom is 0.311 e. The smallest absolute Gasteiger partial charge is 0.311 e. The van der Waals surface area contributed by atoms with Crippen molar-refractivity contribution >= 4 is 11.8 Å². The van der Waals surface area contributed by atoms with Crippen LogP contribution in [0, 0.1) is 18.3 Å². The molecular weight excluding hydrogens is 308 g/mol. The van der Waals surface area contributed by atoms with E-state index in [9.17, 15) is 19.8 Å². The van der Waals surface area contributed by atoms with E-state index in [4.69, 9.17) is 4.74 Å². The van der Waals surface area contributed by atoms with Crippen molar-refractivity contribution in [2.45, 2.75) is 51.9 Å². The van der Waals surface area contributed by atoms with Crippen LogP contribution in [0.1, 0.15) is 61.0 Å². The molecule has 0 unspecified atom stereocenters. The lowest BCUT2D eigenvalue weighted by atomic mass is 9.49. The topological polar surface area (TPSA) is 83.8 Å². The molecule has 3 rings (SSSR count). The molecule has 5 heteroatoms. The van der Waals surface area contributed by atoms with Crippen LogP contribution in [0.3, 0.4) is 0 Å². The van der Waals surface area contributed by atoms with Gasteiger partial charge in [0.1, 0.15) is 11.5 Å². The average Bonchev–Trinajstić information content (AvgIpc) is 2.52. The maximum absolute atomic E-state index is 12.8. The molecule has 2 aliphatic carbocycles. The van der Waals surface area contributed by atoms with Crippen molar-refractivity contribution in [3.63, 3.8) is 0 Å². The number of esters is 1. The zero-order chi connectivity index (χ0) is 17.9. The third-order valence-corrected chi connectivity index (χ3v) is 6.29. The third-order valence-electron chi connectivity index (χ3n) is 6.29. The molecule has 2 aliphatic rings. The number of rotatable bonds is 1. The molecule has 0 spiro atoms. The fourth-order valence-corrected chi connectivity index (χ4v) is 5.03. The van der Waals surface area contributed by atoms with Gasteiger partial charge in [0, 0.05) is 17.4 Å². The van der Waals surface area contributed by atoms with Crippen molar-refractivity contribution in [3.05, 3.63) is 22.8 Å². The predicted octanol–water partition coefficient (Wildman–Crippen LogP) is 3.23. The summed E-state index contributed by atoms with van der Waals surface area (Å²) >= 11 is 0. The number of benzene rings is 1. The largest absolute Gasteiger partial charge is 0.508 e. The Morgan fingerprint density at radius 1 is 1.29 bits per heavy atom. The monoisotopic (exact) mass is 332 g/mol. The van der Waals surface area contributed by atoms with Gasteiger partial charge in [0.15, 0.2) is 5.78 Å².